The molecule has 6 heteroatoms. The van der Waals surface area contributed by atoms with Crippen LogP contribution in [-0.2, 0) is 4.79 Å². The molecule has 1 N–H and O–H groups in total. The predicted molar refractivity (Wildman–Crippen MR) is 82.1 cm³/mol. The van der Waals surface area contributed by atoms with Crippen molar-refractivity contribution in [3.05, 3.63) is 11.9 Å². The minimum atomic E-state index is 0.0629. The molecule has 1 aromatic rings. The predicted octanol–water partition coefficient (Wildman–Crippen LogP) is 1.52. The van der Waals surface area contributed by atoms with Gasteiger partial charge in [-0.2, -0.15) is 0 Å². The summed E-state index contributed by atoms with van der Waals surface area (Å²) >= 11 is 0. The van der Waals surface area contributed by atoms with Gasteiger partial charge in [0.2, 0.25) is 5.91 Å². The van der Waals surface area contributed by atoms with Gasteiger partial charge in [-0.05, 0) is 20.3 Å². The quantitative estimate of drug-likeness (QED) is 0.820. The van der Waals surface area contributed by atoms with Crippen molar-refractivity contribution in [2.45, 2.75) is 27.2 Å². The fraction of sp³-hybridized carbons (Fsp3) is 0.643. The van der Waals surface area contributed by atoms with Gasteiger partial charge in [-0.1, -0.05) is 6.92 Å². The van der Waals surface area contributed by atoms with Crippen LogP contribution in [0.4, 0.5) is 11.6 Å². The first-order valence-corrected chi connectivity index (χ1v) is 7.01. The van der Waals surface area contributed by atoms with Crippen molar-refractivity contribution in [2.75, 3.05) is 43.9 Å². The number of amides is 1. The Hall–Kier alpha value is -1.85. The third-order valence-corrected chi connectivity index (χ3v) is 3.11. The van der Waals surface area contributed by atoms with Gasteiger partial charge in [-0.3, -0.25) is 4.79 Å². The summed E-state index contributed by atoms with van der Waals surface area (Å²) in [5.74, 6) is 1.72. The van der Waals surface area contributed by atoms with Gasteiger partial charge in [-0.25, -0.2) is 9.97 Å². The van der Waals surface area contributed by atoms with E-state index >= 15 is 0 Å². The first-order valence-electron chi connectivity index (χ1n) is 7.01. The van der Waals surface area contributed by atoms with E-state index in [4.69, 9.17) is 0 Å². The van der Waals surface area contributed by atoms with Crippen LogP contribution in [0.15, 0.2) is 6.33 Å². The zero-order valence-corrected chi connectivity index (χ0v) is 13.1. The summed E-state index contributed by atoms with van der Waals surface area (Å²) in [6.45, 7) is 8.04. The van der Waals surface area contributed by atoms with Crippen molar-refractivity contribution in [3.63, 3.8) is 0 Å². The number of rotatable bonds is 7. The van der Waals surface area contributed by atoms with Gasteiger partial charge < -0.3 is 15.1 Å². The molecule has 0 aromatic carbocycles. The minimum absolute atomic E-state index is 0.0629. The molecule has 0 unspecified atom stereocenters. The van der Waals surface area contributed by atoms with Crippen LogP contribution in [0.3, 0.4) is 0 Å². The fourth-order valence-electron chi connectivity index (χ4n) is 1.82. The van der Waals surface area contributed by atoms with Gasteiger partial charge in [-0.15, -0.1) is 0 Å². The van der Waals surface area contributed by atoms with Crippen molar-refractivity contribution >= 4 is 17.5 Å². The Bertz CT molecular complexity index is 447. The Morgan fingerprint density at radius 3 is 2.55 bits per heavy atom. The Morgan fingerprint density at radius 2 is 2.00 bits per heavy atom. The maximum atomic E-state index is 11.9. The summed E-state index contributed by atoms with van der Waals surface area (Å²) in [6, 6.07) is 0. The summed E-state index contributed by atoms with van der Waals surface area (Å²) in [5.41, 5.74) is 0.981. The zero-order valence-electron chi connectivity index (χ0n) is 13.1. The Balaban J connectivity index is 2.94. The molecular formula is C14H25N5O. The van der Waals surface area contributed by atoms with Gasteiger partial charge in [0.15, 0.2) is 0 Å². The molecule has 1 aromatic heterocycles. The highest BCUT2D eigenvalue weighted by Gasteiger charge is 2.16. The molecule has 1 heterocycles. The molecule has 1 amide bonds. The van der Waals surface area contributed by atoms with Crippen molar-refractivity contribution in [3.8, 4) is 0 Å². The molecule has 0 atom stereocenters. The van der Waals surface area contributed by atoms with E-state index in [0.717, 1.165) is 36.7 Å². The number of aromatic nitrogens is 2. The molecule has 0 spiro atoms. The number of nitrogens with one attached hydrogen (secondary N) is 1. The number of likely N-dealkylation sites (N-methyl/N-ethyl adjacent to an activating group) is 2. The minimum Gasteiger partial charge on any atom is -0.370 e. The first kappa shape index (κ1) is 16.2. The van der Waals surface area contributed by atoms with Crippen LogP contribution in [-0.4, -0.2) is 54.5 Å². The molecular weight excluding hydrogens is 254 g/mol. The molecule has 0 aliphatic rings. The molecule has 112 valence electrons. The number of hydrogen-bond donors (Lipinski definition) is 1. The van der Waals surface area contributed by atoms with Crippen molar-refractivity contribution < 1.29 is 4.79 Å². The van der Waals surface area contributed by atoms with E-state index in [-0.39, 0.29) is 5.91 Å². The van der Waals surface area contributed by atoms with Crippen molar-refractivity contribution in [1.29, 1.82) is 0 Å². The van der Waals surface area contributed by atoms with Crippen molar-refractivity contribution in [2.24, 2.45) is 0 Å². The lowest BCUT2D eigenvalue weighted by Crippen LogP contribution is -2.37. The molecule has 0 aliphatic heterocycles. The second-order valence-electron chi connectivity index (χ2n) is 4.90. The molecule has 0 bridgehead atoms. The number of anilines is 2. The maximum absolute atomic E-state index is 11.9. The maximum Gasteiger partial charge on any atom is 0.241 e. The molecule has 0 aliphatic carbocycles. The summed E-state index contributed by atoms with van der Waals surface area (Å²) in [5, 5.41) is 3.28. The SMILES string of the molecule is CCCNc1ncnc(N(CC)CC(=O)N(C)C)c1C. The second-order valence-corrected chi connectivity index (χ2v) is 4.90. The molecule has 1 rings (SSSR count). The van der Waals surface area contributed by atoms with E-state index in [1.807, 2.05) is 18.7 Å². The standard InChI is InChI=1S/C14H25N5O/c1-6-8-15-13-11(3)14(17-10-16-13)19(7-2)9-12(20)18(4)5/h10H,6-9H2,1-5H3,(H,15,16,17). The van der Waals surface area contributed by atoms with Crippen LogP contribution >= 0.6 is 0 Å². The van der Waals surface area contributed by atoms with E-state index < -0.39 is 0 Å². The number of nitrogens with zero attached hydrogens (tertiary/aromatic N) is 4. The largest absolute Gasteiger partial charge is 0.370 e. The molecule has 0 radical (unpaired) electrons. The smallest absolute Gasteiger partial charge is 0.241 e. The van der Waals surface area contributed by atoms with Crippen LogP contribution < -0.4 is 10.2 Å². The zero-order chi connectivity index (χ0) is 15.1. The summed E-state index contributed by atoms with van der Waals surface area (Å²) < 4.78 is 0. The normalized spacial score (nSPS) is 10.2. The van der Waals surface area contributed by atoms with E-state index in [0.29, 0.717) is 6.54 Å². The third kappa shape index (κ3) is 4.08. The molecule has 6 nitrogen and oxygen atoms in total. The number of hydrogen-bond acceptors (Lipinski definition) is 5. The average Bonchev–Trinajstić information content (AvgIpc) is 2.43. The lowest BCUT2D eigenvalue weighted by atomic mass is 10.2. The van der Waals surface area contributed by atoms with Gasteiger partial charge in [0.25, 0.3) is 0 Å². The highest BCUT2D eigenvalue weighted by molar-refractivity contribution is 5.81. The molecule has 0 saturated heterocycles. The molecule has 0 fully saturated rings. The number of carbonyl (C=O) groups is 1. The van der Waals surface area contributed by atoms with Gasteiger partial charge in [0.05, 0.1) is 6.54 Å². The van der Waals surface area contributed by atoms with Gasteiger partial charge in [0, 0.05) is 32.7 Å². The van der Waals surface area contributed by atoms with Crippen LogP contribution in [0.5, 0.6) is 0 Å². The van der Waals surface area contributed by atoms with Crippen molar-refractivity contribution in [1.82, 2.24) is 14.9 Å². The summed E-state index contributed by atoms with van der Waals surface area (Å²) in [6.07, 6.45) is 2.58. The monoisotopic (exact) mass is 279 g/mol. The topological polar surface area (TPSA) is 61.4 Å². The summed E-state index contributed by atoms with van der Waals surface area (Å²) in [4.78, 5) is 24.0. The van der Waals surface area contributed by atoms with E-state index in [1.54, 1.807) is 25.3 Å². The van der Waals surface area contributed by atoms with Crippen LogP contribution in [0.25, 0.3) is 0 Å². The lowest BCUT2D eigenvalue weighted by molar-refractivity contribution is -0.127. The highest BCUT2D eigenvalue weighted by atomic mass is 16.2. The van der Waals surface area contributed by atoms with E-state index in [2.05, 4.69) is 22.2 Å². The Morgan fingerprint density at radius 1 is 1.30 bits per heavy atom. The van der Waals surface area contributed by atoms with E-state index in [1.165, 1.54) is 0 Å². The third-order valence-electron chi connectivity index (χ3n) is 3.11. The number of carbonyl (C=O) groups excluding carboxylic acids is 1. The molecule has 0 saturated carbocycles. The summed E-state index contributed by atoms with van der Waals surface area (Å²) in [7, 11) is 3.52. The van der Waals surface area contributed by atoms with Crippen LogP contribution in [0.1, 0.15) is 25.8 Å². The lowest BCUT2D eigenvalue weighted by Gasteiger charge is -2.25. The van der Waals surface area contributed by atoms with Gasteiger partial charge >= 0.3 is 0 Å². The Kier molecular flexibility index (Phi) is 6.21. The Labute approximate surface area is 121 Å². The van der Waals surface area contributed by atoms with E-state index in [9.17, 15) is 4.79 Å². The average molecular weight is 279 g/mol. The highest BCUT2D eigenvalue weighted by Crippen LogP contribution is 2.22. The van der Waals surface area contributed by atoms with Gasteiger partial charge in [0.1, 0.15) is 18.0 Å². The first-order chi connectivity index (χ1) is 9.51. The second kappa shape index (κ2) is 7.67. The van der Waals surface area contributed by atoms with Crippen LogP contribution in [0, 0.1) is 6.92 Å². The van der Waals surface area contributed by atoms with Crippen LogP contribution in [0.2, 0.25) is 0 Å². The molecule has 20 heavy (non-hydrogen) atoms. The fourth-order valence-corrected chi connectivity index (χ4v) is 1.82.